The molecule has 3 aromatic rings. The summed E-state index contributed by atoms with van der Waals surface area (Å²) in [6, 6.07) is 4.34. The number of hydrogen-bond donors (Lipinski definition) is 2. The summed E-state index contributed by atoms with van der Waals surface area (Å²) in [5.41, 5.74) is 3.35. The number of nitrogens with one attached hydrogen (secondary N) is 2. The Morgan fingerprint density at radius 3 is 2.55 bits per heavy atom. The number of pyridine rings is 1. The second kappa shape index (κ2) is 8.97. The molecule has 0 aromatic carbocycles. The molecule has 1 aliphatic heterocycles. The molecule has 0 bridgehead atoms. The van der Waals surface area contributed by atoms with Crippen LogP contribution in [0.1, 0.15) is 47.8 Å². The van der Waals surface area contributed by atoms with Gasteiger partial charge in [-0.25, -0.2) is 9.97 Å². The highest BCUT2D eigenvalue weighted by atomic mass is 16.2. The first kappa shape index (κ1) is 21.6. The summed E-state index contributed by atoms with van der Waals surface area (Å²) in [6.07, 6.45) is 8.16. The number of carbonyl (C=O) groups is 1. The molecule has 1 amide bonds. The van der Waals surface area contributed by atoms with Gasteiger partial charge in [0.15, 0.2) is 0 Å². The molecule has 0 radical (unpaired) electrons. The van der Waals surface area contributed by atoms with Gasteiger partial charge in [0.2, 0.25) is 5.95 Å². The van der Waals surface area contributed by atoms with Crippen LogP contribution >= 0.6 is 0 Å². The Morgan fingerprint density at radius 1 is 1.12 bits per heavy atom. The Bertz CT molecular complexity index is 1140. The number of anilines is 3. The lowest BCUT2D eigenvalue weighted by Gasteiger charge is -2.28. The van der Waals surface area contributed by atoms with Crippen LogP contribution in [0.5, 0.6) is 0 Å². The van der Waals surface area contributed by atoms with E-state index in [1.807, 2.05) is 31.5 Å². The van der Waals surface area contributed by atoms with Crippen LogP contribution in [0, 0.1) is 6.92 Å². The van der Waals surface area contributed by atoms with Crippen molar-refractivity contribution in [3.63, 3.8) is 0 Å². The minimum atomic E-state index is 0.0135. The smallest absolute Gasteiger partial charge is 0.270 e. The van der Waals surface area contributed by atoms with Gasteiger partial charge in [-0.1, -0.05) is 12.8 Å². The first-order chi connectivity index (χ1) is 16.0. The van der Waals surface area contributed by atoms with Crippen molar-refractivity contribution in [2.24, 2.45) is 0 Å². The van der Waals surface area contributed by atoms with Crippen molar-refractivity contribution in [2.45, 2.75) is 38.6 Å². The van der Waals surface area contributed by atoms with Crippen molar-refractivity contribution < 1.29 is 4.79 Å². The summed E-state index contributed by atoms with van der Waals surface area (Å²) < 4.78 is 2.17. The Hall–Kier alpha value is -3.20. The van der Waals surface area contributed by atoms with E-state index in [4.69, 9.17) is 4.98 Å². The molecule has 2 N–H and O–H groups in total. The third-order valence-electron chi connectivity index (χ3n) is 6.74. The largest absolute Gasteiger partial charge is 0.354 e. The fourth-order valence-corrected chi connectivity index (χ4v) is 4.96. The molecule has 1 saturated heterocycles. The van der Waals surface area contributed by atoms with Gasteiger partial charge < -0.3 is 25.0 Å². The van der Waals surface area contributed by atoms with Crippen molar-refractivity contribution in [3.8, 4) is 0 Å². The molecular formula is C24H32N8O. The van der Waals surface area contributed by atoms with E-state index < -0.39 is 0 Å². The van der Waals surface area contributed by atoms with Gasteiger partial charge in [-0.15, -0.1) is 0 Å². The monoisotopic (exact) mass is 448 g/mol. The maximum Gasteiger partial charge on any atom is 0.270 e. The quantitative estimate of drug-likeness (QED) is 0.620. The lowest BCUT2D eigenvalue weighted by Crippen LogP contribution is -2.43. The molecular weight excluding hydrogens is 416 g/mol. The van der Waals surface area contributed by atoms with Gasteiger partial charge in [0, 0.05) is 57.9 Å². The number of aromatic nitrogens is 4. The summed E-state index contributed by atoms with van der Waals surface area (Å²) >= 11 is 0. The van der Waals surface area contributed by atoms with Crippen LogP contribution in [-0.4, -0.2) is 70.6 Å². The molecule has 9 nitrogen and oxygen atoms in total. The Morgan fingerprint density at radius 2 is 1.88 bits per heavy atom. The van der Waals surface area contributed by atoms with E-state index in [0.717, 1.165) is 72.8 Å². The van der Waals surface area contributed by atoms with Crippen molar-refractivity contribution >= 4 is 34.4 Å². The predicted octanol–water partition coefficient (Wildman–Crippen LogP) is 3.10. The number of amides is 1. The molecule has 2 fully saturated rings. The number of piperazine rings is 1. The maximum atomic E-state index is 13.1. The standard InChI is InChI=1S/C24H32N8O/c1-16-19-15-27-24(28-17-8-9-20(26-14-17)31-12-10-25-11-13-31)29-22(19)32(18-6-4-5-7-18)21(16)23(33)30(2)3/h8-9,14-15,18,25H,4-7,10-13H2,1-3H3,(H,27,28,29). The third-order valence-corrected chi connectivity index (χ3v) is 6.74. The second-order valence-electron chi connectivity index (χ2n) is 9.18. The van der Waals surface area contributed by atoms with Crippen molar-refractivity contribution in [2.75, 3.05) is 50.5 Å². The van der Waals surface area contributed by atoms with Gasteiger partial charge in [-0.3, -0.25) is 4.79 Å². The minimum Gasteiger partial charge on any atom is -0.354 e. The van der Waals surface area contributed by atoms with Gasteiger partial charge in [0.1, 0.15) is 17.2 Å². The Labute approximate surface area is 194 Å². The van der Waals surface area contributed by atoms with E-state index in [1.165, 1.54) is 12.8 Å². The number of carbonyl (C=O) groups excluding carboxylic acids is 1. The lowest BCUT2D eigenvalue weighted by molar-refractivity contribution is 0.0814. The van der Waals surface area contributed by atoms with E-state index in [9.17, 15) is 4.79 Å². The normalized spacial score (nSPS) is 17.0. The Kier molecular flexibility index (Phi) is 5.88. The summed E-state index contributed by atoms with van der Waals surface area (Å²) in [4.78, 5) is 31.1. The highest BCUT2D eigenvalue weighted by molar-refractivity contribution is 6.00. The van der Waals surface area contributed by atoms with Gasteiger partial charge >= 0.3 is 0 Å². The van der Waals surface area contributed by atoms with Crippen LogP contribution in [0.2, 0.25) is 0 Å². The van der Waals surface area contributed by atoms with Gasteiger partial charge in [0.25, 0.3) is 5.91 Å². The second-order valence-corrected chi connectivity index (χ2v) is 9.18. The van der Waals surface area contributed by atoms with E-state index in [0.29, 0.717) is 12.0 Å². The SMILES string of the molecule is Cc1c(C(=O)N(C)C)n(C2CCCC2)c2nc(Nc3ccc(N4CCNCC4)nc3)ncc12. The van der Waals surface area contributed by atoms with Crippen LogP contribution in [0.4, 0.5) is 17.5 Å². The summed E-state index contributed by atoms with van der Waals surface area (Å²) in [5.74, 6) is 1.51. The molecule has 4 heterocycles. The topological polar surface area (TPSA) is 91.2 Å². The van der Waals surface area contributed by atoms with E-state index in [-0.39, 0.29) is 5.91 Å². The van der Waals surface area contributed by atoms with E-state index in [2.05, 4.69) is 30.1 Å². The van der Waals surface area contributed by atoms with Crippen LogP contribution in [-0.2, 0) is 0 Å². The van der Waals surface area contributed by atoms with Gasteiger partial charge in [0.05, 0.1) is 11.9 Å². The first-order valence-electron chi connectivity index (χ1n) is 11.8. The molecule has 1 aliphatic carbocycles. The van der Waals surface area contributed by atoms with Crippen molar-refractivity contribution in [3.05, 3.63) is 35.8 Å². The number of nitrogens with zero attached hydrogens (tertiary/aromatic N) is 6. The lowest BCUT2D eigenvalue weighted by atomic mass is 10.2. The third kappa shape index (κ3) is 4.13. The number of hydrogen-bond acceptors (Lipinski definition) is 7. The number of fused-ring (bicyclic) bond motifs is 1. The molecule has 9 heteroatoms. The first-order valence-corrected chi connectivity index (χ1v) is 11.8. The van der Waals surface area contributed by atoms with E-state index >= 15 is 0 Å². The van der Waals surface area contributed by atoms with Crippen molar-refractivity contribution in [1.82, 2.24) is 29.7 Å². The molecule has 0 atom stereocenters. The van der Waals surface area contributed by atoms with Crippen LogP contribution in [0.15, 0.2) is 24.5 Å². The average molecular weight is 449 g/mol. The zero-order chi connectivity index (χ0) is 22.9. The molecule has 2 aliphatic rings. The highest BCUT2D eigenvalue weighted by Gasteiger charge is 2.29. The molecule has 33 heavy (non-hydrogen) atoms. The fraction of sp³-hybridized carbons (Fsp3) is 0.500. The maximum absolute atomic E-state index is 13.1. The summed E-state index contributed by atoms with van der Waals surface area (Å²) in [5, 5.41) is 7.60. The average Bonchev–Trinajstić information content (AvgIpc) is 3.46. The molecule has 3 aromatic heterocycles. The highest BCUT2D eigenvalue weighted by Crippen LogP contribution is 2.37. The predicted molar refractivity (Wildman–Crippen MR) is 130 cm³/mol. The zero-order valence-corrected chi connectivity index (χ0v) is 19.6. The summed E-state index contributed by atoms with van der Waals surface area (Å²) in [7, 11) is 3.60. The minimum absolute atomic E-state index is 0.0135. The molecule has 174 valence electrons. The van der Waals surface area contributed by atoms with Gasteiger partial charge in [-0.05, 0) is 37.5 Å². The van der Waals surface area contributed by atoms with E-state index in [1.54, 1.807) is 19.0 Å². The Balaban J connectivity index is 1.47. The van der Waals surface area contributed by atoms with Gasteiger partial charge in [-0.2, -0.15) is 4.98 Å². The molecule has 0 unspecified atom stereocenters. The molecule has 1 saturated carbocycles. The number of rotatable bonds is 5. The summed E-state index contributed by atoms with van der Waals surface area (Å²) in [6.45, 7) is 5.89. The van der Waals surface area contributed by atoms with Crippen LogP contribution in [0.3, 0.4) is 0 Å². The zero-order valence-electron chi connectivity index (χ0n) is 19.6. The van der Waals surface area contributed by atoms with Crippen LogP contribution < -0.4 is 15.5 Å². The number of aryl methyl sites for hydroxylation is 1. The van der Waals surface area contributed by atoms with Crippen molar-refractivity contribution in [1.29, 1.82) is 0 Å². The molecule has 0 spiro atoms. The van der Waals surface area contributed by atoms with Crippen LogP contribution in [0.25, 0.3) is 11.0 Å². The fourth-order valence-electron chi connectivity index (χ4n) is 4.96. The molecule has 5 rings (SSSR count).